The van der Waals surface area contributed by atoms with Gasteiger partial charge in [-0.2, -0.15) is 0 Å². The van der Waals surface area contributed by atoms with Gasteiger partial charge in [0.1, 0.15) is 22.8 Å². The van der Waals surface area contributed by atoms with Gasteiger partial charge in [-0.3, -0.25) is 9.59 Å². The summed E-state index contributed by atoms with van der Waals surface area (Å²) in [7, 11) is 0. The number of rotatable bonds is 4. The van der Waals surface area contributed by atoms with Crippen LogP contribution in [0.4, 0.5) is 0 Å². The molecule has 2 heterocycles. The first kappa shape index (κ1) is 22.9. The van der Waals surface area contributed by atoms with E-state index in [-0.39, 0.29) is 46.7 Å². The molecule has 4 atom stereocenters. The number of hydrogen-bond acceptors (Lipinski definition) is 6. The van der Waals surface area contributed by atoms with Crippen LogP contribution in [0.3, 0.4) is 0 Å². The molecule has 3 aliphatic carbocycles. The molecule has 0 unspecified atom stereocenters. The molecule has 1 aromatic rings. The number of aromatic hydroxyl groups is 2. The van der Waals surface area contributed by atoms with Crippen molar-refractivity contribution in [1.29, 1.82) is 0 Å². The van der Waals surface area contributed by atoms with Crippen LogP contribution in [0.5, 0.6) is 17.2 Å². The Morgan fingerprint density at radius 1 is 1.24 bits per heavy atom. The van der Waals surface area contributed by atoms with Gasteiger partial charge in [-0.1, -0.05) is 37.6 Å². The summed E-state index contributed by atoms with van der Waals surface area (Å²) < 4.78 is 13.5. The van der Waals surface area contributed by atoms with E-state index in [2.05, 4.69) is 6.58 Å². The lowest BCUT2D eigenvalue weighted by atomic mass is 9.51. The molecule has 2 aliphatic heterocycles. The summed E-state index contributed by atoms with van der Waals surface area (Å²) in [6, 6.07) is 1.18. The standard InChI is InChI=1S/C28H32O6/c1-8-25(4,5)21-18(30)13-17(29)20-22(31)16-11-15-12-19-26(6,7)34-27(24(15)32,10-9-14(2)3)28(16,19)33-23(20)21/h8-9,11,13,15,19,29-30H,1,10,12H2,2-7H3/t15-,19+,27-,28+/m0/s1. The zero-order valence-corrected chi connectivity index (χ0v) is 20.6. The molecule has 1 aromatic carbocycles. The average molecular weight is 465 g/mol. The minimum atomic E-state index is -1.38. The summed E-state index contributed by atoms with van der Waals surface area (Å²) in [4.78, 5) is 28.0. The molecule has 6 heteroatoms. The third kappa shape index (κ3) is 2.50. The van der Waals surface area contributed by atoms with Crippen LogP contribution in [-0.4, -0.2) is 38.6 Å². The van der Waals surface area contributed by atoms with Crippen molar-refractivity contribution in [2.24, 2.45) is 11.8 Å². The molecular weight excluding hydrogens is 432 g/mol. The number of carbonyl (C=O) groups excluding carboxylic acids is 2. The number of ether oxygens (including phenoxy) is 2. The monoisotopic (exact) mass is 464 g/mol. The van der Waals surface area contributed by atoms with E-state index in [0.717, 1.165) is 5.57 Å². The Labute approximate surface area is 200 Å². The van der Waals surface area contributed by atoms with Gasteiger partial charge in [0.25, 0.3) is 0 Å². The van der Waals surface area contributed by atoms with Gasteiger partial charge in [-0.25, -0.2) is 0 Å². The lowest BCUT2D eigenvalue weighted by molar-refractivity contribution is -0.171. The van der Waals surface area contributed by atoms with Gasteiger partial charge in [0.05, 0.1) is 5.60 Å². The predicted molar refractivity (Wildman–Crippen MR) is 127 cm³/mol. The number of phenols is 2. The summed E-state index contributed by atoms with van der Waals surface area (Å²) in [6.45, 7) is 15.4. The Morgan fingerprint density at radius 2 is 1.91 bits per heavy atom. The summed E-state index contributed by atoms with van der Waals surface area (Å²) in [5.74, 6) is -1.63. The van der Waals surface area contributed by atoms with Gasteiger partial charge in [0.2, 0.25) is 0 Å². The Kier molecular flexibility index (Phi) is 4.47. The molecule has 4 bridgehead atoms. The largest absolute Gasteiger partial charge is 0.507 e. The predicted octanol–water partition coefficient (Wildman–Crippen LogP) is 4.92. The quantitative estimate of drug-likeness (QED) is 0.614. The minimum absolute atomic E-state index is 0.00849. The van der Waals surface area contributed by atoms with Crippen molar-refractivity contribution in [2.75, 3.05) is 0 Å². The Morgan fingerprint density at radius 3 is 2.53 bits per heavy atom. The van der Waals surface area contributed by atoms with Gasteiger partial charge in [-0.15, -0.1) is 6.58 Å². The van der Waals surface area contributed by atoms with E-state index in [1.165, 1.54) is 6.07 Å². The second-order valence-electron chi connectivity index (χ2n) is 11.4. The molecule has 180 valence electrons. The fourth-order valence-electron chi connectivity index (χ4n) is 6.65. The summed E-state index contributed by atoms with van der Waals surface area (Å²) in [5, 5.41) is 21.6. The number of hydrogen-bond donors (Lipinski definition) is 2. The van der Waals surface area contributed by atoms with Crippen molar-refractivity contribution < 1.29 is 29.3 Å². The number of benzene rings is 1. The third-order valence-electron chi connectivity index (χ3n) is 8.29. The van der Waals surface area contributed by atoms with Gasteiger partial charge in [-0.05, 0) is 34.1 Å². The number of carbonyl (C=O) groups is 2. The second kappa shape index (κ2) is 6.63. The Balaban J connectivity index is 1.87. The maximum absolute atomic E-state index is 14.1. The lowest BCUT2D eigenvalue weighted by Gasteiger charge is -2.56. The molecule has 2 N–H and O–H groups in total. The van der Waals surface area contributed by atoms with E-state index in [4.69, 9.17) is 9.47 Å². The molecule has 6 rings (SSSR count). The molecule has 5 aliphatic rings. The summed E-state index contributed by atoms with van der Waals surface area (Å²) in [5.41, 5.74) is -2.48. The third-order valence-corrected chi connectivity index (χ3v) is 8.29. The van der Waals surface area contributed by atoms with Crippen LogP contribution in [-0.2, 0) is 14.9 Å². The van der Waals surface area contributed by atoms with E-state index >= 15 is 0 Å². The highest BCUT2D eigenvalue weighted by atomic mass is 16.6. The van der Waals surface area contributed by atoms with Crippen LogP contribution >= 0.6 is 0 Å². The molecule has 1 saturated carbocycles. The molecule has 1 spiro atoms. The highest BCUT2D eigenvalue weighted by Gasteiger charge is 2.81. The molecular formula is C28H32O6. The first-order chi connectivity index (χ1) is 15.7. The van der Waals surface area contributed by atoms with Gasteiger partial charge in [0.15, 0.2) is 22.8 Å². The molecule has 0 aromatic heterocycles. The number of fused-ring (bicyclic) bond motifs is 1. The van der Waals surface area contributed by atoms with Gasteiger partial charge in [0, 0.05) is 40.9 Å². The van der Waals surface area contributed by atoms with E-state index in [1.54, 1.807) is 12.2 Å². The van der Waals surface area contributed by atoms with E-state index < -0.39 is 28.1 Å². The van der Waals surface area contributed by atoms with Crippen molar-refractivity contribution in [2.45, 2.75) is 76.6 Å². The number of Topliss-reactive ketones (excluding diaryl/α,β-unsaturated/α-hetero) is 2. The van der Waals surface area contributed by atoms with Crippen LogP contribution in [0.25, 0.3) is 0 Å². The molecule has 0 radical (unpaired) electrons. The first-order valence-electron chi connectivity index (χ1n) is 11.8. The van der Waals surface area contributed by atoms with Crippen molar-refractivity contribution in [3.8, 4) is 17.2 Å². The first-order valence-corrected chi connectivity index (χ1v) is 11.8. The van der Waals surface area contributed by atoms with Crippen LogP contribution in [0.15, 0.2) is 42.0 Å². The van der Waals surface area contributed by atoms with Crippen LogP contribution in [0.2, 0.25) is 0 Å². The van der Waals surface area contributed by atoms with Crippen LogP contribution in [0, 0.1) is 11.8 Å². The molecule has 2 fully saturated rings. The maximum Gasteiger partial charge on any atom is 0.200 e. The van der Waals surface area contributed by atoms with E-state index in [9.17, 15) is 19.8 Å². The van der Waals surface area contributed by atoms with Crippen molar-refractivity contribution in [1.82, 2.24) is 0 Å². The number of allylic oxidation sites excluding steroid dienone is 3. The van der Waals surface area contributed by atoms with Gasteiger partial charge < -0.3 is 19.7 Å². The summed E-state index contributed by atoms with van der Waals surface area (Å²) in [6.07, 6.45) is 6.13. The topological polar surface area (TPSA) is 93.1 Å². The second-order valence-corrected chi connectivity index (χ2v) is 11.4. The van der Waals surface area contributed by atoms with Crippen LogP contribution < -0.4 is 4.74 Å². The molecule has 6 nitrogen and oxygen atoms in total. The van der Waals surface area contributed by atoms with E-state index in [0.29, 0.717) is 17.6 Å². The summed E-state index contributed by atoms with van der Waals surface area (Å²) >= 11 is 0. The fraction of sp³-hybridized carbons (Fsp3) is 0.500. The molecule has 1 saturated heterocycles. The zero-order chi connectivity index (χ0) is 25.0. The van der Waals surface area contributed by atoms with Crippen LogP contribution in [0.1, 0.15) is 70.3 Å². The smallest absolute Gasteiger partial charge is 0.200 e. The van der Waals surface area contributed by atoms with E-state index in [1.807, 2.05) is 47.6 Å². The Hall–Kier alpha value is -2.86. The zero-order valence-electron chi connectivity index (χ0n) is 20.6. The van der Waals surface area contributed by atoms with Crippen molar-refractivity contribution >= 4 is 11.6 Å². The minimum Gasteiger partial charge on any atom is -0.507 e. The maximum atomic E-state index is 14.1. The average Bonchev–Trinajstić information content (AvgIpc) is 2.89. The number of phenolic OH excluding ortho intramolecular Hbond substituents is 2. The Bertz CT molecular complexity index is 1230. The molecule has 0 amide bonds. The van der Waals surface area contributed by atoms with Crippen molar-refractivity contribution in [3.05, 3.63) is 53.1 Å². The van der Waals surface area contributed by atoms with Crippen molar-refractivity contribution in [3.63, 3.8) is 0 Å². The normalized spacial score (nSPS) is 32.5. The fourth-order valence-corrected chi connectivity index (χ4v) is 6.65. The lowest BCUT2D eigenvalue weighted by Crippen LogP contribution is -2.72. The van der Waals surface area contributed by atoms with Gasteiger partial charge >= 0.3 is 0 Å². The highest BCUT2D eigenvalue weighted by Crippen LogP contribution is 2.68. The number of ketones is 2. The molecule has 34 heavy (non-hydrogen) atoms. The SMILES string of the molecule is C=CC(C)(C)c1c(O)cc(O)c2c1O[C@]13C(=C[C@H]4C[C@@H]1C(C)(C)O[C@@]3(CC=C(C)C)C4=O)C2=O. The highest BCUT2D eigenvalue weighted by molar-refractivity contribution is 6.18.